The highest BCUT2D eigenvalue weighted by Crippen LogP contribution is 2.13. The highest BCUT2D eigenvalue weighted by Gasteiger charge is 2.11. The topological polar surface area (TPSA) is 18.5 Å². The molecule has 0 spiro atoms. The summed E-state index contributed by atoms with van der Waals surface area (Å²) >= 11 is 0. The average Bonchev–Trinajstić information content (AvgIpc) is 2.17. The predicted molar refractivity (Wildman–Crippen MR) is 64.9 cm³/mol. The van der Waals surface area contributed by atoms with Crippen molar-refractivity contribution in [2.24, 2.45) is 11.8 Å². The second kappa shape index (κ2) is 9.17. The molecule has 0 saturated heterocycles. The quantitative estimate of drug-likeness (QED) is 0.430. The van der Waals surface area contributed by atoms with Crippen molar-refractivity contribution in [1.82, 2.24) is 0 Å². The molecule has 0 amide bonds. The normalized spacial score (nSPS) is 15.6. The molecular weight excluding hydrogens is 188 g/mol. The minimum absolute atomic E-state index is 0.0357. The molecule has 2 atom stereocenters. The van der Waals surface area contributed by atoms with E-state index in [4.69, 9.17) is 9.47 Å². The molecule has 0 N–H and O–H groups in total. The molecule has 0 aliphatic heterocycles. The fraction of sp³-hybridized carbons (Fsp3) is 1.00. The van der Waals surface area contributed by atoms with E-state index in [0.717, 1.165) is 18.9 Å². The van der Waals surface area contributed by atoms with Crippen LogP contribution in [-0.2, 0) is 9.47 Å². The van der Waals surface area contributed by atoms with E-state index in [9.17, 15) is 0 Å². The van der Waals surface area contributed by atoms with Crippen LogP contribution in [-0.4, -0.2) is 20.0 Å². The van der Waals surface area contributed by atoms with Crippen molar-refractivity contribution in [3.05, 3.63) is 0 Å². The fourth-order valence-electron chi connectivity index (χ4n) is 1.80. The zero-order chi connectivity index (χ0) is 11.7. The van der Waals surface area contributed by atoms with Gasteiger partial charge in [0.05, 0.1) is 0 Å². The smallest absolute Gasteiger partial charge is 0.159 e. The summed E-state index contributed by atoms with van der Waals surface area (Å²) in [4.78, 5) is 0. The molecule has 0 aromatic heterocycles. The summed E-state index contributed by atoms with van der Waals surface area (Å²) in [6, 6.07) is 0. The number of ether oxygens (including phenoxy) is 2. The van der Waals surface area contributed by atoms with E-state index in [0.29, 0.717) is 5.92 Å². The van der Waals surface area contributed by atoms with Crippen LogP contribution in [0.2, 0.25) is 0 Å². The lowest BCUT2D eigenvalue weighted by molar-refractivity contribution is -0.149. The Morgan fingerprint density at radius 2 is 1.73 bits per heavy atom. The summed E-state index contributed by atoms with van der Waals surface area (Å²) < 4.78 is 10.9. The summed E-state index contributed by atoms with van der Waals surface area (Å²) in [5, 5.41) is 0. The van der Waals surface area contributed by atoms with Gasteiger partial charge in [0.1, 0.15) is 0 Å². The van der Waals surface area contributed by atoms with Crippen molar-refractivity contribution in [3.8, 4) is 0 Å². The van der Waals surface area contributed by atoms with E-state index in [1.165, 1.54) is 19.3 Å². The van der Waals surface area contributed by atoms with Crippen LogP contribution in [0.5, 0.6) is 0 Å². The van der Waals surface area contributed by atoms with Gasteiger partial charge < -0.3 is 9.47 Å². The molecule has 2 unspecified atom stereocenters. The molecule has 0 bridgehead atoms. The molecule has 92 valence electrons. The second-order valence-electron chi connectivity index (χ2n) is 4.75. The summed E-state index contributed by atoms with van der Waals surface area (Å²) in [5.74, 6) is 1.27. The monoisotopic (exact) mass is 216 g/mol. The minimum Gasteiger partial charge on any atom is -0.356 e. The molecule has 0 aromatic rings. The van der Waals surface area contributed by atoms with Crippen LogP contribution in [0.1, 0.15) is 53.4 Å². The lowest BCUT2D eigenvalue weighted by Gasteiger charge is -2.20. The lowest BCUT2D eigenvalue weighted by atomic mass is 10.0. The van der Waals surface area contributed by atoms with Crippen molar-refractivity contribution < 1.29 is 9.47 Å². The number of methoxy groups -OCH3 is 1. The first kappa shape index (κ1) is 14.9. The van der Waals surface area contributed by atoms with E-state index in [2.05, 4.69) is 27.7 Å². The second-order valence-corrected chi connectivity index (χ2v) is 4.75. The molecule has 0 fully saturated rings. The molecular formula is C13H28O2. The van der Waals surface area contributed by atoms with E-state index in [1.807, 2.05) is 0 Å². The van der Waals surface area contributed by atoms with Gasteiger partial charge in [-0.1, -0.05) is 40.5 Å². The van der Waals surface area contributed by atoms with Gasteiger partial charge in [0.25, 0.3) is 0 Å². The number of hydrogen-bond acceptors (Lipinski definition) is 2. The van der Waals surface area contributed by atoms with Gasteiger partial charge in [-0.05, 0) is 18.8 Å². The molecule has 2 nitrogen and oxygen atoms in total. The van der Waals surface area contributed by atoms with Gasteiger partial charge >= 0.3 is 0 Å². The summed E-state index contributed by atoms with van der Waals surface area (Å²) in [7, 11) is 1.71. The van der Waals surface area contributed by atoms with Gasteiger partial charge in [-0.25, -0.2) is 0 Å². The van der Waals surface area contributed by atoms with Crippen LogP contribution in [0, 0.1) is 11.8 Å². The van der Waals surface area contributed by atoms with E-state index < -0.39 is 0 Å². The van der Waals surface area contributed by atoms with Crippen molar-refractivity contribution in [1.29, 1.82) is 0 Å². The highest BCUT2D eigenvalue weighted by atomic mass is 16.7. The van der Waals surface area contributed by atoms with Gasteiger partial charge in [0.2, 0.25) is 0 Å². The van der Waals surface area contributed by atoms with Crippen molar-refractivity contribution in [2.75, 3.05) is 13.7 Å². The van der Waals surface area contributed by atoms with Crippen LogP contribution < -0.4 is 0 Å². The predicted octanol–water partition coefficient (Wildman–Crippen LogP) is 3.85. The Balaban J connectivity index is 3.44. The maximum absolute atomic E-state index is 5.66. The Bertz CT molecular complexity index is 134. The molecule has 0 radical (unpaired) electrons. The van der Waals surface area contributed by atoms with Gasteiger partial charge in [-0.15, -0.1) is 0 Å². The Morgan fingerprint density at radius 3 is 2.20 bits per heavy atom. The zero-order valence-corrected chi connectivity index (χ0v) is 11.1. The molecule has 0 aliphatic carbocycles. The molecule has 15 heavy (non-hydrogen) atoms. The van der Waals surface area contributed by atoms with E-state index in [1.54, 1.807) is 7.11 Å². The van der Waals surface area contributed by atoms with Crippen molar-refractivity contribution in [3.63, 3.8) is 0 Å². The lowest BCUT2D eigenvalue weighted by Crippen LogP contribution is -2.22. The van der Waals surface area contributed by atoms with Crippen LogP contribution in [0.4, 0.5) is 0 Å². The molecule has 2 heteroatoms. The van der Waals surface area contributed by atoms with Gasteiger partial charge in [0.15, 0.2) is 6.29 Å². The van der Waals surface area contributed by atoms with Gasteiger partial charge in [-0.2, -0.15) is 0 Å². The Morgan fingerprint density at radius 1 is 1.07 bits per heavy atom. The van der Waals surface area contributed by atoms with Crippen LogP contribution in [0.15, 0.2) is 0 Å². The Labute approximate surface area is 95.3 Å². The third kappa shape index (κ3) is 7.80. The molecule has 0 saturated carbocycles. The molecule has 0 aromatic carbocycles. The van der Waals surface area contributed by atoms with Crippen LogP contribution >= 0.6 is 0 Å². The standard InChI is InChI=1S/C13H28O2/c1-6-8-12(4)9-7-10-15-13(14-5)11(2)3/h11-13H,6-10H2,1-5H3. The zero-order valence-electron chi connectivity index (χ0n) is 11.1. The first-order valence-corrected chi connectivity index (χ1v) is 6.26. The summed E-state index contributed by atoms with van der Waals surface area (Å²) in [6.45, 7) is 9.62. The third-order valence-electron chi connectivity index (χ3n) is 2.68. The fourth-order valence-corrected chi connectivity index (χ4v) is 1.80. The van der Waals surface area contributed by atoms with Gasteiger partial charge in [-0.3, -0.25) is 0 Å². The first-order valence-electron chi connectivity index (χ1n) is 6.26. The number of hydrogen-bond donors (Lipinski definition) is 0. The van der Waals surface area contributed by atoms with E-state index >= 15 is 0 Å². The maximum atomic E-state index is 5.66. The summed E-state index contributed by atoms with van der Waals surface area (Å²) in [5.41, 5.74) is 0. The maximum Gasteiger partial charge on any atom is 0.159 e. The minimum atomic E-state index is -0.0357. The molecule has 0 rings (SSSR count). The molecule has 0 aliphatic rings. The number of rotatable bonds is 9. The van der Waals surface area contributed by atoms with Crippen LogP contribution in [0.3, 0.4) is 0 Å². The average molecular weight is 216 g/mol. The van der Waals surface area contributed by atoms with Gasteiger partial charge in [0, 0.05) is 19.6 Å². The SMILES string of the molecule is CCCC(C)CCCOC(OC)C(C)C. The van der Waals surface area contributed by atoms with Crippen molar-refractivity contribution in [2.45, 2.75) is 59.7 Å². The molecule has 0 heterocycles. The van der Waals surface area contributed by atoms with Crippen molar-refractivity contribution >= 4 is 0 Å². The first-order chi connectivity index (χ1) is 7.11. The third-order valence-corrected chi connectivity index (χ3v) is 2.68. The highest BCUT2D eigenvalue weighted by molar-refractivity contribution is 4.54. The van der Waals surface area contributed by atoms with E-state index in [-0.39, 0.29) is 6.29 Å². The van der Waals surface area contributed by atoms with Crippen LogP contribution in [0.25, 0.3) is 0 Å². The Hall–Kier alpha value is -0.0800. The largest absolute Gasteiger partial charge is 0.356 e. The summed E-state index contributed by atoms with van der Waals surface area (Å²) in [6.07, 6.45) is 4.99. The Kier molecular flexibility index (Phi) is 9.12.